The van der Waals surface area contributed by atoms with Crippen LogP contribution in [0.1, 0.15) is 18.4 Å². The van der Waals surface area contributed by atoms with Crippen LogP contribution in [0, 0.1) is 0 Å². The second kappa shape index (κ2) is 7.34. The van der Waals surface area contributed by atoms with Crippen LogP contribution in [0.2, 0.25) is 10.0 Å². The third-order valence-electron chi connectivity index (χ3n) is 3.33. The van der Waals surface area contributed by atoms with Crippen LogP contribution in [-0.2, 0) is 11.2 Å². The second-order valence-electron chi connectivity index (χ2n) is 4.53. The van der Waals surface area contributed by atoms with E-state index >= 15 is 0 Å². The van der Waals surface area contributed by atoms with Crippen molar-refractivity contribution >= 4 is 41.5 Å². The van der Waals surface area contributed by atoms with Crippen molar-refractivity contribution in [2.75, 3.05) is 13.1 Å². The van der Waals surface area contributed by atoms with E-state index in [4.69, 9.17) is 28.9 Å². The number of rotatable bonds is 3. The molecule has 1 atom stereocenters. The topological polar surface area (TPSA) is 46.3 Å². The summed E-state index contributed by atoms with van der Waals surface area (Å²) in [4.78, 5) is 14.1. The van der Waals surface area contributed by atoms with Crippen LogP contribution in [0.3, 0.4) is 0 Å². The van der Waals surface area contributed by atoms with Crippen molar-refractivity contribution in [2.45, 2.75) is 25.3 Å². The lowest BCUT2D eigenvalue weighted by atomic mass is 10.1. The first-order valence-corrected chi connectivity index (χ1v) is 6.81. The quantitative estimate of drug-likeness (QED) is 0.929. The van der Waals surface area contributed by atoms with Gasteiger partial charge < -0.3 is 10.6 Å². The molecule has 3 nitrogen and oxygen atoms in total. The molecule has 106 valence electrons. The van der Waals surface area contributed by atoms with E-state index < -0.39 is 0 Å². The van der Waals surface area contributed by atoms with Crippen LogP contribution in [-0.4, -0.2) is 29.9 Å². The van der Waals surface area contributed by atoms with Gasteiger partial charge in [0.25, 0.3) is 0 Å². The lowest BCUT2D eigenvalue weighted by Gasteiger charge is -2.23. The molecule has 6 heteroatoms. The molecular formula is C13H17Cl3N2O. The molecule has 19 heavy (non-hydrogen) atoms. The summed E-state index contributed by atoms with van der Waals surface area (Å²) in [6, 6.07) is 5.40. The molecule has 1 unspecified atom stereocenters. The van der Waals surface area contributed by atoms with Crippen LogP contribution >= 0.6 is 35.6 Å². The highest BCUT2D eigenvalue weighted by Crippen LogP contribution is 2.23. The summed E-state index contributed by atoms with van der Waals surface area (Å²) in [6.07, 6.45) is 2.34. The largest absolute Gasteiger partial charge is 0.338 e. The number of amides is 1. The van der Waals surface area contributed by atoms with Crippen molar-refractivity contribution in [3.63, 3.8) is 0 Å². The van der Waals surface area contributed by atoms with Gasteiger partial charge in [-0.05, 0) is 30.5 Å². The van der Waals surface area contributed by atoms with Crippen molar-refractivity contribution in [3.8, 4) is 0 Å². The van der Waals surface area contributed by atoms with Crippen LogP contribution in [0.4, 0.5) is 0 Å². The van der Waals surface area contributed by atoms with Crippen LogP contribution in [0.5, 0.6) is 0 Å². The minimum atomic E-state index is 0. The highest BCUT2D eigenvalue weighted by Gasteiger charge is 2.27. The van der Waals surface area contributed by atoms with Gasteiger partial charge in [0.05, 0.1) is 6.42 Å². The standard InChI is InChI=1S/C13H16Cl2N2O.ClH/c14-10-4-3-9(12(15)7-10)6-13(18)17-5-1-2-11(17)8-16;/h3-4,7,11H,1-2,5-6,8,16H2;1H. The third kappa shape index (κ3) is 3.99. The summed E-state index contributed by atoms with van der Waals surface area (Å²) in [5.74, 6) is 0.0900. The molecule has 0 saturated carbocycles. The van der Waals surface area contributed by atoms with Crippen molar-refractivity contribution in [1.29, 1.82) is 0 Å². The van der Waals surface area contributed by atoms with Gasteiger partial charge in [-0.2, -0.15) is 0 Å². The van der Waals surface area contributed by atoms with Crippen molar-refractivity contribution < 1.29 is 4.79 Å². The molecule has 1 fully saturated rings. The number of nitrogens with zero attached hydrogens (tertiary/aromatic N) is 1. The molecular weight excluding hydrogens is 307 g/mol. The molecule has 1 aliphatic heterocycles. The number of halogens is 3. The van der Waals surface area contributed by atoms with Gasteiger partial charge in [-0.1, -0.05) is 29.3 Å². The number of nitrogens with two attached hydrogens (primary N) is 1. The molecule has 1 heterocycles. The van der Waals surface area contributed by atoms with Gasteiger partial charge in [0.2, 0.25) is 5.91 Å². The monoisotopic (exact) mass is 322 g/mol. The fourth-order valence-corrected chi connectivity index (χ4v) is 2.81. The number of carbonyl (C=O) groups is 1. The Morgan fingerprint density at radius 1 is 1.42 bits per heavy atom. The molecule has 1 aliphatic rings. The number of carbonyl (C=O) groups excluding carboxylic acids is 1. The molecule has 1 amide bonds. The SMILES string of the molecule is Cl.NCC1CCCN1C(=O)Cc1ccc(Cl)cc1Cl. The Morgan fingerprint density at radius 2 is 2.16 bits per heavy atom. The fraction of sp³-hybridized carbons (Fsp3) is 0.462. The van der Waals surface area contributed by atoms with Crippen LogP contribution < -0.4 is 5.73 Å². The number of hydrogen-bond acceptors (Lipinski definition) is 2. The summed E-state index contributed by atoms with van der Waals surface area (Å²) in [7, 11) is 0. The van der Waals surface area contributed by atoms with E-state index in [9.17, 15) is 4.79 Å². The van der Waals surface area contributed by atoms with E-state index in [-0.39, 0.29) is 24.4 Å². The Bertz CT molecular complexity index is 454. The van der Waals surface area contributed by atoms with Crippen molar-refractivity contribution in [2.24, 2.45) is 5.73 Å². The maximum absolute atomic E-state index is 12.2. The zero-order valence-electron chi connectivity index (χ0n) is 10.4. The molecule has 0 aromatic heterocycles. The first-order chi connectivity index (χ1) is 8.61. The summed E-state index contributed by atoms with van der Waals surface area (Å²) in [5, 5.41) is 1.12. The molecule has 2 N–H and O–H groups in total. The Hall–Kier alpha value is -0.480. The maximum atomic E-state index is 12.2. The molecule has 0 spiro atoms. The van der Waals surface area contributed by atoms with Gasteiger partial charge in [-0.3, -0.25) is 4.79 Å². The fourth-order valence-electron chi connectivity index (χ4n) is 2.34. The molecule has 2 rings (SSSR count). The normalized spacial score (nSPS) is 18.3. The Kier molecular flexibility index (Phi) is 6.40. The van der Waals surface area contributed by atoms with E-state index in [1.807, 2.05) is 4.90 Å². The first-order valence-electron chi connectivity index (χ1n) is 6.05. The Balaban J connectivity index is 0.00000180. The third-order valence-corrected chi connectivity index (χ3v) is 3.91. The van der Waals surface area contributed by atoms with Gasteiger partial charge in [-0.25, -0.2) is 0 Å². The molecule has 0 radical (unpaired) electrons. The minimum absolute atomic E-state index is 0. The second-order valence-corrected chi connectivity index (χ2v) is 5.38. The van der Waals surface area contributed by atoms with Gasteiger partial charge in [0, 0.05) is 29.2 Å². The van der Waals surface area contributed by atoms with E-state index in [0.717, 1.165) is 24.9 Å². The average molecular weight is 324 g/mol. The van der Waals surface area contributed by atoms with E-state index in [1.165, 1.54) is 0 Å². The zero-order chi connectivity index (χ0) is 13.1. The van der Waals surface area contributed by atoms with Crippen LogP contribution in [0.25, 0.3) is 0 Å². The van der Waals surface area contributed by atoms with Gasteiger partial charge >= 0.3 is 0 Å². The molecule has 1 aromatic carbocycles. The van der Waals surface area contributed by atoms with Gasteiger partial charge in [0.15, 0.2) is 0 Å². The summed E-state index contributed by atoms with van der Waals surface area (Å²) in [5.41, 5.74) is 6.48. The average Bonchev–Trinajstić information content (AvgIpc) is 2.81. The first kappa shape index (κ1) is 16.6. The predicted molar refractivity (Wildman–Crippen MR) is 81.2 cm³/mol. The van der Waals surface area contributed by atoms with Crippen molar-refractivity contribution in [1.82, 2.24) is 4.90 Å². The Labute approximate surface area is 129 Å². The highest BCUT2D eigenvalue weighted by atomic mass is 35.5. The zero-order valence-corrected chi connectivity index (χ0v) is 12.8. The molecule has 1 aromatic rings. The number of benzene rings is 1. The van der Waals surface area contributed by atoms with Gasteiger partial charge in [0.1, 0.15) is 0 Å². The minimum Gasteiger partial charge on any atom is -0.338 e. The smallest absolute Gasteiger partial charge is 0.227 e. The lowest BCUT2D eigenvalue weighted by Crippen LogP contribution is -2.40. The summed E-state index contributed by atoms with van der Waals surface area (Å²) >= 11 is 11.9. The summed E-state index contributed by atoms with van der Waals surface area (Å²) in [6.45, 7) is 1.33. The maximum Gasteiger partial charge on any atom is 0.227 e. The highest BCUT2D eigenvalue weighted by molar-refractivity contribution is 6.35. The molecule has 1 saturated heterocycles. The Morgan fingerprint density at radius 3 is 2.79 bits per heavy atom. The predicted octanol–water partition coefficient (Wildman–Crippen LogP) is 2.91. The van der Waals surface area contributed by atoms with Gasteiger partial charge in [-0.15, -0.1) is 12.4 Å². The molecule has 0 aliphatic carbocycles. The number of likely N-dealkylation sites (tertiary alicyclic amines) is 1. The molecule has 0 bridgehead atoms. The summed E-state index contributed by atoms with van der Waals surface area (Å²) < 4.78 is 0. The number of hydrogen-bond donors (Lipinski definition) is 1. The van der Waals surface area contributed by atoms with E-state index in [1.54, 1.807) is 18.2 Å². The van der Waals surface area contributed by atoms with Crippen molar-refractivity contribution in [3.05, 3.63) is 33.8 Å². The van der Waals surface area contributed by atoms with E-state index in [2.05, 4.69) is 0 Å². The lowest BCUT2D eigenvalue weighted by molar-refractivity contribution is -0.131. The van der Waals surface area contributed by atoms with E-state index in [0.29, 0.717) is 23.0 Å². The van der Waals surface area contributed by atoms with Crippen LogP contribution in [0.15, 0.2) is 18.2 Å².